The van der Waals surface area contributed by atoms with Crippen LogP contribution in [0.5, 0.6) is 0 Å². The number of para-hydroxylation sites is 1. The first-order valence-corrected chi connectivity index (χ1v) is 4.93. The maximum Gasteiger partial charge on any atom is 0.250 e. The Morgan fingerprint density at radius 3 is 2.69 bits per heavy atom. The number of hydrogen-bond donors (Lipinski definition) is 1. The molecular formula is C8H9N2O2P. The molecule has 4 nitrogen and oxygen atoms in total. The van der Waals surface area contributed by atoms with Crippen molar-refractivity contribution in [2.45, 2.75) is 0 Å². The number of benzene rings is 1. The summed E-state index contributed by atoms with van der Waals surface area (Å²) in [6, 6.07) is 9.40. The van der Waals surface area contributed by atoms with Gasteiger partial charge in [-0.05, 0) is 17.9 Å². The molecule has 0 aliphatic heterocycles. The summed E-state index contributed by atoms with van der Waals surface area (Å²) in [6.07, 6.45) is 0. The van der Waals surface area contributed by atoms with Gasteiger partial charge in [-0.3, -0.25) is 0 Å². The lowest BCUT2D eigenvalue weighted by molar-refractivity contribution is 0.380. The Hall–Kier alpha value is -1.41. The molecule has 68 valence electrons. The number of nitrogens with zero attached hydrogens (tertiary/aromatic N) is 1. The standard InChI is InChI=1S/C8H9N2O2P/c1-2-13(12-10-11)9-8-6-4-3-5-7-8/h2-7,9H,1H2. The van der Waals surface area contributed by atoms with Crippen LogP contribution in [0.15, 0.2) is 48.1 Å². The summed E-state index contributed by atoms with van der Waals surface area (Å²) >= 11 is 0. The summed E-state index contributed by atoms with van der Waals surface area (Å²) in [5.41, 5.74) is 0.872. The molecule has 5 heteroatoms. The molecule has 0 saturated carbocycles. The molecule has 1 aromatic rings. The zero-order valence-corrected chi connectivity index (χ0v) is 7.78. The van der Waals surface area contributed by atoms with E-state index in [1.165, 1.54) is 5.82 Å². The number of nitrogens with one attached hydrogen (secondary N) is 1. The highest BCUT2D eigenvalue weighted by atomic mass is 31.2. The van der Waals surface area contributed by atoms with Crippen LogP contribution in [0.2, 0.25) is 0 Å². The lowest BCUT2D eigenvalue weighted by atomic mass is 10.3. The molecule has 13 heavy (non-hydrogen) atoms. The molecule has 0 aliphatic carbocycles. The molecule has 0 heterocycles. The Labute approximate surface area is 77.4 Å². The molecule has 0 bridgehead atoms. The van der Waals surface area contributed by atoms with Crippen molar-refractivity contribution in [3.05, 3.63) is 47.6 Å². The minimum absolute atomic E-state index is 0.872. The van der Waals surface area contributed by atoms with Crippen LogP contribution in [0.1, 0.15) is 0 Å². The summed E-state index contributed by atoms with van der Waals surface area (Å²) in [6.45, 7) is 3.52. The fourth-order valence-corrected chi connectivity index (χ4v) is 1.45. The van der Waals surface area contributed by atoms with Gasteiger partial charge in [0.25, 0.3) is 0 Å². The van der Waals surface area contributed by atoms with Crippen LogP contribution in [-0.2, 0) is 4.62 Å². The Morgan fingerprint density at radius 1 is 1.46 bits per heavy atom. The van der Waals surface area contributed by atoms with Crippen LogP contribution in [0.4, 0.5) is 5.69 Å². The van der Waals surface area contributed by atoms with Crippen molar-refractivity contribution in [2.24, 2.45) is 5.34 Å². The second-order valence-corrected chi connectivity index (χ2v) is 3.55. The highest BCUT2D eigenvalue weighted by molar-refractivity contribution is 7.57. The third-order valence-electron chi connectivity index (χ3n) is 1.30. The predicted molar refractivity (Wildman–Crippen MR) is 54.1 cm³/mol. The molecule has 0 saturated heterocycles. The van der Waals surface area contributed by atoms with Crippen LogP contribution in [0.25, 0.3) is 0 Å². The minimum atomic E-state index is -1.20. The van der Waals surface area contributed by atoms with Crippen molar-refractivity contribution in [1.29, 1.82) is 0 Å². The van der Waals surface area contributed by atoms with Crippen molar-refractivity contribution in [2.75, 3.05) is 5.09 Å². The van der Waals surface area contributed by atoms with E-state index >= 15 is 0 Å². The molecule has 1 atom stereocenters. The van der Waals surface area contributed by atoms with Gasteiger partial charge in [0, 0.05) is 5.69 Å². The summed E-state index contributed by atoms with van der Waals surface area (Å²) in [5.74, 6) is 1.52. The monoisotopic (exact) mass is 196 g/mol. The van der Waals surface area contributed by atoms with E-state index in [1.54, 1.807) is 0 Å². The molecule has 1 unspecified atom stereocenters. The van der Waals surface area contributed by atoms with Gasteiger partial charge >= 0.3 is 0 Å². The average Bonchev–Trinajstić information content (AvgIpc) is 2.19. The second-order valence-electron chi connectivity index (χ2n) is 2.14. The van der Waals surface area contributed by atoms with Crippen LogP contribution < -0.4 is 5.09 Å². The summed E-state index contributed by atoms with van der Waals surface area (Å²) in [7, 11) is -1.20. The highest BCUT2D eigenvalue weighted by Crippen LogP contribution is 2.38. The lowest BCUT2D eigenvalue weighted by Gasteiger charge is -2.09. The van der Waals surface area contributed by atoms with Crippen LogP contribution in [-0.4, -0.2) is 0 Å². The number of rotatable bonds is 5. The van der Waals surface area contributed by atoms with E-state index in [0.29, 0.717) is 0 Å². The van der Waals surface area contributed by atoms with E-state index < -0.39 is 8.30 Å². The van der Waals surface area contributed by atoms with Crippen LogP contribution in [0.3, 0.4) is 0 Å². The van der Waals surface area contributed by atoms with Crippen LogP contribution >= 0.6 is 8.30 Å². The zero-order chi connectivity index (χ0) is 9.52. The molecule has 1 aromatic carbocycles. The van der Waals surface area contributed by atoms with Crippen molar-refractivity contribution < 1.29 is 4.62 Å². The largest absolute Gasteiger partial charge is 0.328 e. The molecule has 0 radical (unpaired) electrons. The Morgan fingerprint density at radius 2 is 2.15 bits per heavy atom. The Bertz CT molecular complexity index is 279. The molecule has 1 rings (SSSR count). The summed E-state index contributed by atoms with van der Waals surface area (Å²) in [4.78, 5) is 9.82. The maximum atomic E-state index is 9.82. The molecule has 0 aliphatic rings. The van der Waals surface area contributed by atoms with Gasteiger partial charge in [0.1, 0.15) is 0 Å². The fourth-order valence-electron chi connectivity index (χ4n) is 0.775. The van der Waals surface area contributed by atoms with Gasteiger partial charge in [-0.25, -0.2) is 0 Å². The maximum absolute atomic E-state index is 9.82. The van der Waals surface area contributed by atoms with Crippen molar-refractivity contribution in [3.8, 4) is 0 Å². The van der Waals surface area contributed by atoms with Gasteiger partial charge in [0.2, 0.25) is 8.30 Å². The van der Waals surface area contributed by atoms with Gasteiger partial charge in [-0.1, -0.05) is 24.8 Å². The molecule has 0 amide bonds. The topological polar surface area (TPSA) is 50.7 Å². The molecule has 0 fully saturated rings. The minimum Gasteiger partial charge on any atom is -0.328 e. The first-order chi connectivity index (χ1) is 6.36. The van der Waals surface area contributed by atoms with E-state index in [4.69, 9.17) is 0 Å². The average molecular weight is 196 g/mol. The predicted octanol–water partition coefficient (Wildman–Crippen LogP) is 3.25. The van der Waals surface area contributed by atoms with Gasteiger partial charge in [0.15, 0.2) is 5.34 Å². The second kappa shape index (κ2) is 5.27. The Balaban J connectivity index is 2.56. The summed E-state index contributed by atoms with van der Waals surface area (Å²) < 4.78 is 4.50. The third kappa shape index (κ3) is 3.22. The van der Waals surface area contributed by atoms with E-state index in [-0.39, 0.29) is 0 Å². The van der Waals surface area contributed by atoms with E-state index in [9.17, 15) is 4.91 Å². The van der Waals surface area contributed by atoms with Gasteiger partial charge in [0.05, 0.1) is 0 Å². The lowest BCUT2D eigenvalue weighted by Crippen LogP contribution is -1.89. The quantitative estimate of drug-likeness (QED) is 0.446. The molecule has 1 N–H and O–H groups in total. The van der Waals surface area contributed by atoms with Crippen molar-refractivity contribution >= 4 is 14.0 Å². The SMILES string of the molecule is C=CP(Nc1ccccc1)ON=O. The van der Waals surface area contributed by atoms with Gasteiger partial charge in [-0.2, -0.15) is 0 Å². The fraction of sp³-hybridized carbons (Fsp3) is 0. The zero-order valence-electron chi connectivity index (χ0n) is 6.88. The van der Waals surface area contributed by atoms with Crippen LogP contribution in [0, 0.1) is 4.91 Å². The summed E-state index contributed by atoms with van der Waals surface area (Å²) in [5, 5.41) is 5.31. The van der Waals surface area contributed by atoms with E-state index in [1.807, 2.05) is 30.3 Å². The van der Waals surface area contributed by atoms with Gasteiger partial charge in [-0.15, -0.1) is 4.91 Å². The third-order valence-corrected chi connectivity index (χ3v) is 2.35. The normalized spacial score (nSPS) is 11.4. The van der Waals surface area contributed by atoms with Crippen molar-refractivity contribution in [1.82, 2.24) is 0 Å². The first kappa shape index (κ1) is 9.68. The number of hydrogen-bond acceptors (Lipinski definition) is 4. The smallest absolute Gasteiger partial charge is 0.250 e. The molecule has 0 aromatic heterocycles. The molecular weight excluding hydrogens is 187 g/mol. The number of anilines is 1. The highest BCUT2D eigenvalue weighted by Gasteiger charge is 2.04. The first-order valence-electron chi connectivity index (χ1n) is 3.60. The van der Waals surface area contributed by atoms with E-state index in [2.05, 4.69) is 21.6 Å². The van der Waals surface area contributed by atoms with Gasteiger partial charge < -0.3 is 9.71 Å². The van der Waals surface area contributed by atoms with E-state index in [0.717, 1.165) is 5.69 Å². The molecule has 0 spiro atoms. The van der Waals surface area contributed by atoms with Crippen molar-refractivity contribution in [3.63, 3.8) is 0 Å². The Kier molecular flexibility index (Phi) is 3.93.